The van der Waals surface area contributed by atoms with E-state index in [1.165, 1.54) is 28.4 Å². The lowest BCUT2D eigenvalue weighted by atomic mass is 10.0. The minimum atomic E-state index is 0.605. The van der Waals surface area contributed by atoms with Gasteiger partial charge in [-0.25, -0.2) is 0 Å². The van der Waals surface area contributed by atoms with Crippen molar-refractivity contribution >= 4 is 31.9 Å². The summed E-state index contributed by atoms with van der Waals surface area (Å²) in [7, 11) is 0. The average Bonchev–Trinajstić information content (AvgIpc) is 2.64. The molecule has 0 amide bonds. The zero-order chi connectivity index (χ0) is 11.5. The highest BCUT2D eigenvalue weighted by molar-refractivity contribution is 9.10. The van der Waals surface area contributed by atoms with Crippen molar-refractivity contribution in [2.24, 2.45) is 0 Å². The molecule has 0 spiro atoms. The normalized spacial score (nSPS) is 15.7. The van der Waals surface area contributed by atoms with Gasteiger partial charge in [-0.1, -0.05) is 38.8 Å². The third-order valence-electron chi connectivity index (χ3n) is 2.87. The van der Waals surface area contributed by atoms with E-state index in [0.29, 0.717) is 4.83 Å². The Balaban J connectivity index is 2.08. The second-order valence-electron chi connectivity index (χ2n) is 4.32. The van der Waals surface area contributed by atoms with Crippen LogP contribution in [0.3, 0.4) is 0 Å². The molecule has 0 N–H and O–H groups in total. The minimum absolute atomic E-state index is 0.605. The number of benzene rings is 1. The number of hydrogen-bond donors (Lipinski definition) is 0. The van der Waals surface area contributed by atoms with Crippen molar-refractivity contribution in [2.75, 3.05) is 6.61 Å². The molecule has 0 saturated heterocycles. The lowest BCUT2D eigenvalue weighted by Gasteiger charge is -2.09. The Hall–Kier alpha value is -0.0200. The van der Waals surface area contributed by atoms with Crippen LogP contribution in [-0.4, -0.2) is 11.4 Å². The number of hydrogen-bond acceptors (Lipinski definition) is 1. The molecule has 1 heterocycles. The highest BCUT2D eigenvalue weighted by Crippen LogP contribution is 2.34. The summed E-state index contributed by atoms with van der Waals surface area (Å²) in [5.74, 6) is 1.14. The molecular weight excluding hydrogens is 332 g/mol. The fraction of sp³-hybridized carbons (Fsp3) is 0.538. The van der Waals surface area contributed by atoms with Crippen LogP contribution in [0, 0.1) is 0 Å². The summed E-state index contributed by atoms with van der Waals surface area (Å²) in [6.45, 7) is 3.04. The molecule has 0 aromatic heterocycles. The van der Waals surface area contributed by atoms with Gasteiger partial charge in [-0.3, -0.25) is 0 Å². The lowest BCUT2D eigenvalue weighted by Crippen LogP contribution is -1.95. The van der Waals surface area contributed by atoms with Crippen LogP contribution in [0.15, 0.2) is 16.6 Å². The summed E-state index contributed by atoms with van der Waals surface area (Å²) in [5.41, 5.74) is 2.71. The number of halogens is 2. The Labute approximate surface area is 114 Å². The van der Waals surface area contributed by atoms with Gasteiger partial charge >= 0.3 is 0 Å². The van der Waals surface area contributed by atoms with Gasteiger partial charge < -0.3 is 4.74 Å². The summed E-state index contributed by atoms with van der Waals surface area (Å²) >= 11 is 7.16. The van der Waals surface area contributed by atoms with Crippen LogP contribution >= 0.6 is 31.9 Å². The first-order valence-electron chi connectivity index (χ1n) is 5.75. The molecule has 2 rings (SSSR count). The number of alkyl halides is 1. The van der Waals surface area contributed by atoms with Gasteiger partial charge in [0.15, 0.2) is 0 Å². The molecule has 0 radical (unpaired) electrons. The monoisotopic (exact) mass is 346 g/mol. The average molecular weight is 348 g/mol. The molecule has 1 atom stereocenters. The smallest absolute Gasteiger partial charge is 0.125 e. The molecule has 1 aromatic carbocycles. The van der Waals surface area contributed by atoms with Crippen LogP contribution in [0.2, 0.25) is 0 Å². The first-order chi connectivity index (χ1) is 7.66. The van der Waals surface area contributed by atoms with Crippen LogP contribution in [-0.2, 0) is 12.8 Å². The predicted molar refractivity (Wildman–Crippen MR) is 74.7 cm³/mol. The topological polar surface area (TPSA) is 9.23 Å². The van der Waals surface area contributed by atoms with E-state index >= 15 is 0 Å². The maximum atomic E-state index is 5.71. The second kappa shape index (κ2) is 5.54. The molecule has 88 valence electrons. The Morgan fingerprint density at radius 1 is 1.44 bits per heavy atom. The van der Waals surface area contributed by atoms with Gasteiger partial charge in [-0.15, -0.1) is 0 Å². The first kappa shape index (κ1) is 12.4. The molecular formula is C13H16Br2O. The number of fused-ring (bicyclic) bond motifs is 1. The predicted octanol–water partition coefficient (Wildman–Crippen LogP) is 4.49. The van der Waals surface area contributed by atoms with E-state index in [2.05, 4.69) is 50.9 Å². The zero-order valence-electron chi connectivity index (χ0n) is 9.43. The van der Waals surface area contributed by atoms with Crippen LogP contribution in [0.4, 0.5) is 0 Å². The van der Waals surface area contributed by atoms with Gasteiger partial charge in [0.2, 0.25) is 0 Å². The van der Waals surface area contributed by atoms with Crippen LogP contribution in [0.25, 0.3) is 0 Å². The highest BCUT2D eigenvalue weighted by atomic mass is 79.9. The maximum absolute atomic E-state index is 5.71. The van der Waals surface area contributed by atoms with Crippen LogP contribution < -0.4 is 4.74 Å². The molecule has 1 aliphatic heterocycles. The van der Waals surface area contributed by atoms with Gasteiger partial charge in [0, 0.05) is 15.7 Å². The lowest BCUT2D eigenvalue weighted by molar-refractivity contribution is 0.353. The SMILES string of the molecule is CC(Br)CCCc1cc(Br)cc2c1OCC2. The van der Waals surface area contributed by atoms with Gasteiger partial charge in [-0.2, -0.15) is 0 Å². The van der Waals surface area contributed by atoms with E-state index in [1.54, 1.807) is 0 Å². The second-order valence-corrected chi connectivity index (χ2v) is 6.80. The molecule has 1 aromatic rings. The summed E-state index contributed by atoms with van der Waals surface area (Å²) in [6.07, 6.45) is 4.58. The van der Waals surface area contributed by atoms with Crippen LogP contribution in [0.1, 0.15) is 30.9 Å². The summed E-state index contributed by atoms with van der Waals surface area (Å²) in [5, 5.41) is 0. The molecule has 16 heavy (non-hydrogen) atoms. The summed E-state index contributed by atoms with van der Waals surface area (Å²) in [4.78, 5) is 0.605. The quantitative estimate of drug-likeness (QED) is 0.729. The van der Waals surface area contributed by atoms with E-state index in [9.17, 15) is 0 Å². The molecule has 0 bridgehead atoms. The van der Waals surface area contributed by atoms with Crippen molar-refractivity contribution in [3.05, 3.63) is 27.7 Å². The zero-order valence-corrected chi connectivity index (χ0v) is 12.6. The van der Waals surface area contributed by atoms with Crippen molar-refractivity contribution < 1.29 is 4.74 Å². The number of ether oxygens (including phenoxy) is 1. The fourth-order valence-corrected chi connectivity index (χ4v) is 2.98. The highest BCUT2D eigenvalue weighted by Gasteiger charge is 2.17. The molecule has 1 aliphatic rings. The molecule has 1 nitrogen and oxygen atoms in total. The van der Waals surface area contributed by atoms with Crippen molar-refractivity contribution in [3.63, 3.8) is 0 Å². The minimum Gasteiger partial charge on any atom is -0.493 e. The maximum Gasteiger partial charge on any atom is 0.125 e. The number of aryl methyl sites for hydroxylation is 1. The summed E-state index contributed by atoms with van der Waals surface area (Å²) < 4.78 is 6.89. The first-order valence-corrected chi connectivity index (χ1v) is 7.46. The number of rotatable bonds is 4. The Morgan fingerprint density at radius 3 is 3.00 bits per heavy atom. The molecule has 0 aliphatic carbocycles. The molecule has 1 unspecified atom stereocenters. The van der Waals surface area contributed by atoms with Gasteiger partial charge in [0.1, 0.15) is 5.75 Å². The third-order valence-corrected chi connectivity index (χ3v) is 3.79. The van der Waals surface area contributed by atoms with Crippen molar-refractivity contribution in [2.45, 2.75) is 37.4 Å². The van der Waals surface area contributed by atoms with Gasteiger partial charge in [-0.05, 0) is 42.5 Å². The van der Waals surface area contributed by atoms with Crippen molar-refractivity contribution in [1.29, 1.82) is 0 Å². The van der Waals surface area contributed by atoms with E-state index in [4.69, 9.17) is 4.74 Å². The van der Waals surface area contributed by atoms with E-state index in [1.807, 2.05) is 0 Å². The molecule has 0 saturated carbocycles. The van der Waals surface area contributed by atoms with Gasteiger partial charge in [0.05, 0.1) is 6.61 Å². The van der Waals surface area contributed by atoms with E-state index < -0.39 is 0 Å². The fourth-order valence-electron chi connectivity index (χ4n) is 2.11. The van der Waals surface area contributed by atoms with Crippen LogP contribution in [0.5, 0.6) is 5.75 Å². The third kappa shape index (κ3) is 3.01. The van der Waals surface area contributed by atoms with Crippen molar-refractivity contribution in [1.82, 2.24) is 0 Å². The van der Waals surface area contributed by atoms with E-state index in [-0.39, 0.29) is 0 Å². The Bertz CT molecular complexity index is 374. The summed E-state index contributed by atoms with van der Waals surface area (Å²) in [6, 6.07) is 4.38. The Kier molecular flexibility index (Phi) is 4.31. The Morgan fingerprint density at radius 2 is 2.25 bits per heavy atom. The standard InChI is InChI=1S/C13H16Br2O/c1-9(14)3-2-4-10-7-12(15)8-11-5-6-16-13(10)11/h7-9H,2-6H2,1H3. The van der Waals surface area contributed by atoms with Crippen molar-refractivity contribution in [3.8, 4) is 5.75 Å². The molecule has 0 fully saturated rings. The largest absolute Gasteiger partial charge is 0.493 e. The van der Waals surface area contributed by atoms with Gasteiger partial charge in [0.25, 0.3) is 0 Å². The molecule has 3 heteroatoms. The van der Waals surface area contributed by atoms with E-state index in [0.717, 1.165) is 25.2 Å².